The van der Waals surface area contributed by atoms with Gasteiger partial charge in [-0.05, 0) is 29.7 Å². The second-order valence-corrected chi connectivity index (χ2v) is 7.66. The van der Waals surface area contributed by atoms with E-state index in [4.69, 9.17) is 21.7 Å². The van der Waals surface area contributed by atoms with E-state index >= 15 is 0 Å². The molecule has 1 N–H and O–H groups in total. The molecule has 3 rings (SSSR count). The SMILES string of the molecule is CC(C)[C@H](C(=O)O)N1C(=O)/C(=C/c2ccc3c(c2)OCCO3)SC1=S. The predicted octanol–water partition coefficient (Wildman–Crippen LogP) is 2.77. The summed E-state index contributed by atoms with van der Waals surface area (Å²) in [7, 11) is 0. The van der Waals surface area contributed by atoms with Crippen LogP contribution in [0.3, 0.4) is 0 Å². The summed E-state index contributed by atoms with van der Waals surface area (Å²) in [6, 6.07) is 4.42. The molecule has 2 heterocycles. The molecule has 1 aromatic carbocycles. The normalized spacial score (nSPS) is 19.6. The fourth-order valence-electron chi connectivity index (χ4n) is 2.71. The zero-order valence-electron chi connectivity index (χ0n) is 13.7. The van der Waals surface area contributed by atoms with Crippen LogP contribution in [0.5, 0.6) is 11.5 Å². The Morgan fingerprint density at radius 1 is 1.32 bits per heavy atom. The number of aliphatic carboxylic acids is 1. The number of amides is 1. The molecule has 0 aromatic heterocycles. The number of fused-ring (bicyclic) bond motifs is 1. The summed E-state index contributed by atoms with van der Waals surface area (Å²) in [6.07, 6.45) is 1.69. The van der Waals surface area contributed by atoms with Crippen molar-refractivity contribution >= 4 is 46.3 Å². The minimum Gasteiger partial charge on any atom is -0.486 e. The highest BCUT2D eigenvalue weighted by Crippen LogP contribution is 2.37. The molecule has 0 bridgehead atoms. The van der Waals surface area contributed by atoms with Crippen molar-refractivity contribution < 1.29 is 24.2 Å². The van der Waals surface area contributed by atoms with Crippen molar-refractivity contribution in [2.24, 2.45) is 5.92 Å². The third-order valence-corrected chi connectivity index (χ3v) is 5.18. The van der Waals surface area contributed by atoms with E-state index in [1.807, 2.05) is 6.07 Å². The first kappa shape index (κ1) is 17.8. The number of nitrogens with zero attached hydrogens (tertiary/aromatic N) is 1. The van der Waals surface area contributed by atoms with Gasteiger partial charge in [-0.25, -0.2) is 4.79 Å². The quantitative estimate of drug-likeness (QED) is 0.637. The number of ether oxygens (including phenoxy) is 2. The fraction of sp³-hybridized carbons (Fsp3) is 0.353. The summed E-state index contributed by atoms with van der Waals surface area (Å²) >= 11 is 6.35. The summed E-state index contributed by atoms with van der Waals surface area (Å²) in [5, 5.41) is 9.44. The fourth-order valence-corrected chi connectivity index (χ4v) is 4.04. The Morgan fingerprint density at radius 3 is 2.64 bits per heavy atom. The van der Waals surface area contributed by atoms with E-state index in [0.717, 1.165) is 17.3 Å². The summed E-state index contributed by atoms with van der Waals surface area (Å²) in [5.41, 5.74) is 0.765. The molecular weight excluding hydrogens is 362 g/mol. The average molecular weight is 379 g/mol. The molecule has 25 heavy (non-hydrogen) atoms. The van der Waals surface area contributed by atoms with E-state index < -0.39 is 12.0 Å². The molecule has 0 spiro atoms. The lowest BCUT2D eigenvalue weighted by Gasteiger charge is -2.26. The molecule has 0 radical (unpaired) electrons. The molecule has 0 unspecified atom stereocenters. The largest absolute Gasteiger partial charge is 0.486 e. The lowest BCUT2D eigenvalue weighted by atomic mass is 10.0. The number of hydrogen-bond acceptors (Lipinski definition) is 6. The number of carboxylic acid groups (broad SMARTS) is 1. The first-order valence-corrected chi connectivity index (χ1v) is 9.00. The standard InChI is InChI=1S/C17H17NO5S2/c1-9(2)14(16(20)21)18-15(19)13(25-17(18)24)8-10-3-4-11-12(7-10)23-6-5-22-11/h3-4,7-9,14H,5-6H2,1-2H3,(H,20,21)/b13-8-/t14-/m1/s1. The second-order valence-electron chi connectivity index (χ2n) is 5.98. The average Bonchev–Trinajstić information content (AvgIpc) is 2.82. The lowest BCUT2D eigenvalue weighted by Crippen LogP contribution is -2.47. The van der Waals surface area contributed by atoms with Crippen LogP contribution in [0.15, 0.2) is 23.1 Å². The summed E-state index contributed by atoms with van der Waals surface area (Å²) in [4.78, 5) is 25.8. The Bertz CT molecular complexity index is 774. The highest BCUT2D eigenvalue weighted by molar-refractivity contribution is 8.26. The van der Waals surface area contributed by atoms with Crippen LogP contribution in [0, 0.1) is 5.92 Å². The first-order chi connectivity index (χ1) is 11.9. The summed E-state index contributed by atoms with van der Waals surface area (Å²) in [6.45, 7) is 4.49. The monoisotopic (exact) mass is 379 g/mol. The molecule has 1 atom stereocenters. The van der Waals surface area contributed by atoms with Crippen molar-refractivity contribution in [1.29, 1.82) is 0 Å². The molecule has 1 saturated heterocycles. The van der Waals surface area contributed by atoms with E-state index in [0.29, 0.717) is 29.6 Å². The molecule has 1 amide bonds. The third-order valence-electron chi connectivity index (χ3n) is 3.85. The first-order valence-electron chi connectivity index (χ1n) is 7.78. The van der Waals surface area contributed by atoms with Gasteiger partial charge in [0.05, 0.1) is 4.91 Å². The molecule has 0 aliphatic carbocycles. The number of rotatable bonds is 4. The van der Waals surface area contributed by atoms with Gasteiger partial charge in [0.15, 0.2) is 11.5 Å². The van der Waals surface area contributed by atoms with E-state index in [9.17, 15) is 14.7 Å². The minimum atomic E-state index is -1.06. The molecule has 2 aliphatic heterocycles. The summed E-state index contributed by atoms with van der Waals surface area (Å²) in [5.74, 6) is -0.408. The predicted molar refractivity (Wildman–Crippen MR) is 98.7 cm³/mol. The smallest absolute Gasteiger partial charge is 0.327 e. The van der Waals surface area contributed by atoms with E-state index in [-0.39, 0.29) is 16.1 Å². The summed E-state index contributed by atoms with van der Waals surface area (Å²) < 4.78 is 11.3. The molecular formula is C17H17NO5S2. The van der Waals surface area contributed by atoms with Crippen LogP contribution >= 0.6 is 24.0 Å². The van der Waals surface area contributed by atoms with Gasteiger partial charge < -0.3 is 14.6 Å². The van der Waals surface area contributed by atoms with Gasteiger partial charge in [0.1, 0.15) is 23.6 Å². The minimum absolute atomic E-state index is 0.256. The van der Waals surface area contributed by atoms with Crippen molar-refractivity contribution in [2.45, 2.75) is 19.9 Å². The molecule has 2 aliphatic rings. The molecule has 1 fully saturated rings. The number of benzene rings is 1. The van der Waals surface area contributed by atoms with Crippen LogP contribution in [0.25, 0.3) is 6.08 Å². The highest BCUT2D eigenvalue weighted by Gasteiger charge is 2.41. The van der Waals surface area contributed by atoms with Gasteiger partial charge in [-0.3, -0.25) is 9.69 Å². The van der Waals surface area contributed by atoms with Crippen molar-refractivity contribution in [3.63, 3.8) is 0 Å². The van der Waals surface area contributed by atoms with Gasteiger partial charge in [0.25, 0.3) is 5.91 Å². The van der Waals surface area contributed by atoms with Crippen LogP contribution in [-0.2, 0) is 9.59 Å². The maximum absolute atomic E-state index is 12.7. The number of carbonyl (C=O) groups is 2. The van der Waals surface area contributed by atoms with Crippen LogP contribution in [0.2, 0.25) is 0 Å². The Balaban J connectivity index is 1.89. The zero-order chi connectivity index (χ0) is 18.1. The maximum Gasteiger partial charge on any atom is 0.327 e. The van der Waals surface area contributed by atoms with E-state index in [2.05, 4.69) is 0 Å². The lowest BCUT2D eigenvalue weighted by molar-refractivity contribution is -0.146. The van der Waals surface area contributed by atoms with Gasteiger partial charge >= 0.3 is 5.97 Å². The van der Waals surface area contributed by atoms with Crippen molar-refractivity contribution in [3.05, 3.63) is 28.7 Å². The van der Waals surface area contributed by atoms with E-state index in [1.54, 1.807) is 32.1 Å². The van der Waals surface area contributed by atoms with Crippen molar-refractivity contribution in [1.82, 2.24) is 4.90 Å². The number of thioether (sulfide) groups is 1. The number of thiocarbonyl (C=S) groups is 1. The Kier molecular flexibility index (Phi) is 5.01. The molecule has 0 saturated carbocycles. The van der Waals surface area contributed by atoms with Gasteiger partial charge in [-0.2, -0.15) is 0 Å². The molecule has 1 aromatic rings. The maximum atomic E-state index is 12.7. The van der Waals surface area contributed by atoms with Crippen LogP contribution in [0.1, 0.15) is 19.4 Å². The number of hydrogen-bond donors (Lipinski definition) is 1. The van der Waals surface area contributed by atoms with Crippen molar-refractivity contribution in [2.75, 3.05) is 13.2 Å². The topological polar surface area (TPSA) is 76.1 Å². The highest BCUT2D eigenvalue weighted by atomic mass is 32.2. The number of carboxylic acids is 1. The van der Waals surface area contributed by atoms with Gasteiger partial charge in [0.2, 0.25) is 0 Å². The van der Waals surface area contributed by atoms with Gasteiger partial charge in [-0.15, -0.1) is 0 Å². The molecule has 132 valence electrons. The van der Waals surface area contributed by atoms with Crippen LogP contribution in [-0.4, -0.2) is 45.5 Å². The van der Waals surface area contributed by atoms with E-state index in [1.165, 1.54) is 4.90 Å². The second kappa shape index (κ2) is 7.05. The van der Waals surface area contributed by atoms with Crippen LogP contribution < -0.4 is 9.47 Å². The Hall–Kier alpha value is -2.06. The van der Waals surface area contributed by atoms with Gasteiger partial charge in [0, 0.05) is 0 Å². The molecule has 8 heteroatoms. The van der Waals surface area contributed by atoms with Gasteiger partial charge in [-0.1, -0.05) is 43.9 Å². The Morgan fingerprint density at radius 2 is 2.00 bits per heavy atom. The molecule has 6 nitrogen and oxygen atoms in total. The van der Waals surface area contributed by atoms with Crippen LogP contribution in [0.4, 0.5) is 0 Å². The number of carbonyl (C=O) groups excluding carboxylic acids is 1. The third kappa shape index (κ3) is 3.50. The van der Waals surface area contributed by atoms with Crippen molar-refractivity contribution in [3.8, 4) is 11.5 Å². The zero-order valence-corrected chi connectivity index (χ0v) is 15.4. The Labute approximate surface area is 154 Å².